The topological polar surface area (TPSA) is 136 Å². The predicted molar refractivity (Wildman–Crippen MR) is 95.9 cm³/mol. The number of nitrogens with one attached hydrogen (secondary N) is 1. The predicted octanol–water partition coefficient (Wildman–Crippen LogP) is 2.67. The number of ether oxygens (including phenoxy) is 2. The molecule has 0 bridgehead atoms. The maximum absolute atomic E-state index is 10.6. The number of carboxylic acid groups (broad SMARTS) is 1. The highest BCUT2D eigenvalue weighted by molar-refractivity contribution is 9.10. The first-order valence-corrected chi connectivity index (χ1v) is 7.81. The fraction of sp³-hybridized carbons (Fsp3) is 0.133. The Bertz CT molecular complexity index is 841. The van der Waals surface area contributed by atoms with Crippen LogP contribution in [0.5, 0.6) is 11.5 Å². The highest BCUT2D eigenvalue weighted by Gasteiger charge is 2.11. The monoisotopic (exact) mass is 424 g/mol. The number of halogens is 1. The molecule has 2 N–H and O–H groups in total. The van der Waals surface area contributed by atoms with Gasteiger partial charge in [-0.1, -0.05) is 0 Å². The Labute approximate surface area is 155 Å². The molecule has 2 rings (SSSR count). The van der Waals surface area contributed by atoms with Crippen molar-refractivity contribution in [2.24, 2.45) is 5.10 Å². The van der Waals surface area contributed by atoms with Gasteiger partial charge in [0.2, 0.25) is 0 Å². The molecule has 26 heavy (non-hydrogen) atoms. The van der Waals surface area contributed by atoms with Crippen LogP contribution in [0.3, 0.4) is 0 Å². The summed E-state index contributed by atoms with van der Waals surface area (Å²) in [5, 5.41) is 23.3. The Morgan fingerprint density at radius 3 is 2.81 bits per heavy atom. The molecule has 2 aromatic rings. The number of hydrazone groups is 1. The zero-order chi connectivity index (χ0) is 19.1. The summed E-state index contributed by atoms with van der Waals surface area (Å²) in [5.74, 6) is -0.168. The van der Waals surface area contributed by atoms with Gasteiger partial charge in [0.1, 0.15) is 12.0 Å². The second kappa shape index (κ2) is 8.76. The average molecular weight is 425 g/mol. The molecule has 10 nitrogen and oxygen atoms in total. The highest BCUT2D eigenvalue weighted by atomic mass is 79.9. The molecule has 0 atom stereocenters. The van der Waals surface area contributed by atoms with E-state index >= 15 is 0 Å². The lowest BCUT2D eigenvalue weighted by Crippen LogP contribution is -2.10. The maximum atomic E-state index is 10.6. The van der Waals surface area contributed by atoms with Gasteiger partial charge in [0.05, 0.1) is 18.2 Å². The number of methoxy groups -OCH3 is 1. The van der Waals surface area contributed by atoms with E-state index in [1.54, 1.807) is 12.1 Å². The van der Waals surface area contributed by atoms with Gasteiger partial charge in [0, 0.05) is 16.1 Å². The molecule has 0 aliphatic heterocycles. The smallest absolute Gasteiger partial charge is 0.341 e. The molecular formula is C15H13BrN4O6. The zero-order valence-electron chi connectivity index (χ0n) is 13.4. The lowest BCUT2D eigenvalue weighted by molar-refractivity contribution is -0.385. The summed E-state index contributed by atoms with van der Waals surface area (Å²) in [7, 11) is 1.43. The minimum Gasteiger partial charge on any atom is -0.493 e. The van der Waals surface area contributed by atoms with E-state index in [9.17, 15) is 14.9 Å². The Kier molecular flexibility index (Phi) is 6.44. The van der Waals surface area contributed by atoms with E-state index < -0.39 is 17.5 Å². The first kappa shape index (κ1) is 19.1. The van der Waals surface area contributed by atoms with Crippen molar-refractivity contribution in [3.8, 4) is 11.5 Å². The van der Waals surface area contributed by atoms with Crippen LogP contribution >= 0.6 is 15.9 Å². The Morgan fingerprint density at radius 2 is 2.23 bits per heavy atom. The van der Waals surface area contributed by atoms with E-state index in [2.05, 4.69) is 31.4 Å². The third kappa shape index (κ3) is 5.14. The Hall–Kier alpha value is -3.21. The van der Waals surface area contributed by atoms with Gasteiger partial charge < -0.3 is 14.6 Å². The SMILES string of the molecule is COc1cc(/C=N/Nc2ccc([N+](=O)[O-])cn2)c(Br)cc1OCC(=O)O. The number of carbonyl (C=O) groups is 1. The summed E-state index contributed by atoms with van der Waals surface area (Å²) in [6.45, 7) is -0.496. The molecule has 0 unspecified atom stereocenters. The van der Waals surface area contributed by atoms with Crippen LogP contribution < -0.4 is 14.9 Å². The van der Waals surface area contributed by atoms with E-state index in [1.807, 2.05) is 0 Å². The molecule has 0 fully saturated rings. The summed E-state index contributed by atoms with van der Waals surface area (Å²) < 4.78 is 10.9. The van der Waals surface area contributed by atoms with E-state index in [1.165, 1.54) is 25.5 Å². The number of hydrogen-bond acceptors (Lipinski definition) is 8. The van der Waals surface area contributed by atoms with Gasteiger partial charge in [-0.2, -0.15) is 5.10 Å². The molecule has 0 aliphatic rings. The van der Waals surface area contributed by atoms with Gasteiger partial charge in [0.25, 0.3) is 5.69 Å². The summed E-state index contributed by atoms with van der Waals surface area (Å²) in [5.41, 5.74) is 3.15. The van der Waals surface area contributed by atoms with E-state index in [-0.39, 0.29) is 11.4 Å². The fourth-order valence-electron chi connectivity index (χ4n) is 1.79. The van der Waals surface area contributed by atoms with E-state index in [0.717, 1.165) is 6.20 Å². The number of rotatable bonds is 8. The normalized spacial score (nSPS) is 10.5. The van der Waals surface area contributed by atoms with Crippen molar-refractivity contribution in [3.63, 3.8) is 0 Å². The summed E-state index contributed by atoms with van der Waals surface area (Å²) >= 11 is 3.34. The van der Waals surface area contributed by atoms with Crippen LogP contribution in [0.4, 0.5) is 11.5 Å². The molecule has 0 saturated heterocycles. The van der Waals surface area contributed by atoms with Crippen LogP contribution in [0, 0.1) is 10.1 Å². The zero-order valence-corrected chi connectivity index (χ0v) is 15.0. The highest BCUT2D eigenvalue weighted by Crippen LogP contribution is 2.32. The van der Waals surface area contributed by atoms with Crippen LogP contribution in [-0.4, -0.2) is 40.9 Å². The van der Waals surface area contributed by atoms with Crippen molar-refractivity contribution in [2.75, 3.05) is 19.1 Å². The molecule has 0 radical (unpaired) electrons. The van der Waals surface area contributed by atoms with Crippen LogP contribution in [0.1, 0.15) is 5.56 Å². The van der Waals surface area contributed by atoms with Crippen molar-refractivity contribution in [2.45, 2.75) is 0 Å². The molecule has 11 heteroatoms. The van der Waals surface area contributed by atoms with Gasteiger partial charge in [-0.05, 0) is 34.1 Å². The third-order valence-corrected chi connectivity index (χ3v) is 3.66. The Morgan fingerprint density at radius 1 is 1.46 bits per heavy atom. The lowest BCUT2D eigenvalue weighted by Gasteiger charge is -2.11. The second-order valence-corrected chi connectivity index (χ2v) is 5.59. The number of pyridine rings is 1. The number of nitrogens with zero attached hydrogens (tertiary/aromatic N) is 3. The van der Waals surface area contributed by atoms with Crippen molar-refractivity contribution in [3.05, 3.63) is 50.6 Å². The second-order valence-electron chi connectivity index (χ2n) is 4.74. The van der Waals surface area contributed by atoms with Gasteiger partial charge in [-0.25, -0.2) is 9.78 Å². The van der Waals surface area contributed by atoms with Gasteiger partial charge in [-0.15, -0.1) is 0 Å². The molecule has 1 aromatic heterocycles. The molecule has 0 amide bonds. The van der Waals surface area contributed by atoms with Crippen molar-refractivity contribution >= 4 is 39.6 Å². The fourth-order valence-corrected chi connectivity index (χ4v) is 2.21. The van der Waals surface area contributed by atoms with Crippen molar-refractivity contribution in [1.82, 2.24) is 4.98 Å². The lowest BCUT2D eigenvalue weighted by atomic mass is 10.2. The minimum absolute atomic E-state index is 0.121. The van der Waals surface area contributed by atoms with Crippen LogP contribution in [0.15, 0.2) is 40.0 Å². The number of aromatic nitrogens is 1. The molecule has 0 saturated carbocycles. The summed E-state index contributed by atoms with van der Waals surface area (Å²) in [6, 6.07) is 5.90. The van der Waals surface area contributed by atoms with Crippen molar-refractivity contribution < 1.29 is 24.3 Å². The van der Waals surface area contributed by atoms with Crippen LogP contribution in [0.2, 0.25) is 0 Å². The number of carboxylic acids is 1. The largest absolute Gasteiger partial charge is 0.493 e. The first-order valence-electron chi connectivity index (χ1n) is 7.02. The van der Waals surface area contributed by atoms with Crippen LogP contribution in [0.25, 0.3) is 0 Å². The quantitative estimate of drug-likeness (QED) is 0.374. The minimum atomic E-state index is -1.10. The number of hydrogen-bond donors (Lipinski definition) is 2. The number of aliphatic carboxylic acids is 1. The molecule has 0 spiro atoms. The molecule has 1 heterocycles. The summed E-state index contributed by atoms with van der Waals surface area (Å²) in [4.78, 5) is 24.5. The molecule has 1 aromatic carbocycles. The van der Waals surface area contributed by atoms with Gasteiger partial charge in [-0.3, -0.25) is 15.5 Å². The number of benzene rings is 1. The molecule has 0 aliphatic carbocycles. The third-order valence-electron chi connectivity index (χ3n) is 2.98. The molecular weight excluding hydrogens is 412 g/mol. The standard InChI is InChI=1S/C15H13BrN4O6/c1-25-12-4-9(11(16)5-13(12)26-8-15(21)22)6-18-19-14-3-2-10(7-17-14)20(23)24/h2-7H,8H2,1H3,(H,17,19)(H,21,22)/b18-6+. The van der Waals surface area contributed by atoms with E-state index in [4.69, 9.17) is 14.6 Å². The first-order chi connectivity index (χ1) is 12.4. The number of nitro groups is 1. The summed E-state index contributed by atoms with van der Waals surface area (Å²) in [6.07, 6.45) is 2.59. The molecule has 136 valence electrons. The average Bonchev–Trinajstić information content (AvgIpc) is 2.61. The van der Waals surface area contributed by atoms with Crippen LogP contribution in [-0.2, 0) is 4.79 Å². The Balaban J connectivity index is 2.11. The van der Waals surface area contributed by atoms with E-state index in [0.29, 0.717) is 21.6 Å². The van der Waals surface area contributed by atoms with Crippen molar-refractivity contribution in [1.29, 1.82) is 0 Å². The number of anilines is 1. The van der Waals surface area contributed by atoms with Gasteiger partial charge >= 0.3 is 5.97 Å². The van der Waals surface area contributed by atoms with Gasteiger partial charge in [0.15, 0.2) is 18.1 Å². The maximum Gasteiger partial charge on any atom is 0.341 e.